The van der Waals surface area contributed by atoms with E-state index in [-0.39, 0.29) is 5.97 Å². The van der Waals surface area contributed by atoms with Crippen LogP contribution in [0.15, 0.2) is 52.3 Å². The number of unbranched alkanes of at least 4 members (excludes halogenated alkanes) is 3. The first-order chi connectivity index (χ1) is 11.6. The Morgan fingerprint density at radius 1 is 1.04 bits per heavy atom. The molecule has 0 N–H and O–H groups in total. The number of carbonyl (C=O) groups excluding carboxylic acids is 1. The lowest BCUT2D eigenvalue weighted by Gasteiger charge is -2.11. The van der Waals surface area contributed by atoms with E-state index >= 15 is 0 Å². The molecule has 0 spiro atoms. The third-order valence-electron chi connectivity index (χ3n) is 4.02. The van der Waals surface area contributed by atoms with Gasteiger partial charge < -0.3 is 4.74 Å². The van der Waals surface area contributed by atoms with E-state index in [0.29, 0.717) is 5.56 Å². The molecule has 0 atom stereocenters. The molecule has 0 fully saturated rings. The largest absolute Gasteiger partial charge is 0.465 e. The van der Waals surface area contributed by atoms with E-state index in [1.807, 2.05) is 24.3 Å². The van der Waals surface area contributed by atoms with Crippen LogP contribution in [-0.2, 0) is 11.2 Å². The lowest BCUT2D eigenvalue weighted by atomic mass is 10.0. The zero-order valence-electron chi connectivity index (χ0n) is 14.8. The molecule has 2 nitrogen and oxygen atoms in total. The lowest BCUT2D eigenvalue weighted by molar-refractivity contribution is 0.0600. The number of esters is 1. The Labute approximate surface area is 149 Å². The van der Waals surface area contributed by atoms with Gasteiger partial charge in [-0.2, -0.15) is 0 Å². The summed E-state index contributed by atoms with van der Waals surface area (Å²) < 4.78 is 4.75. The minimum Gasteiger partial charge on any atom is -0.465 e. The number of benzene rings is 2. The van der Waals surface area contributed by atoms with Crippen LogP contribution >= 0.6 is 11.8 Å². The number of aryl methyl sites for hydroxylation is 2. The smallest absolute Gasteiger partial charge is 0.337 e. The van der Waals surface area contributed by atoms with Gasteiger partial charge >= 0.3 is 5.97 Å². The molecule has 0 amide bonds. The first-order valence-corrected chi connectivity index (χ1v) is 9.41. The number of methoxy groups -OCH3 is 1. The minimum atomic E-state index is -0.293. The summed E-state index contributed by atoms with van der Waals surface area (Å²) in [6.07, 6.45) is 6.24. The highest BCUT2D eigenvalue weighted by molar-refractivity contribution is 7.99. The van der Waals surface area contributed by atoms with E-state index in [9.17, 15) is 4.79 Å². The fourth-order valence-corrected chi connectivity index (χ4v) is 3.60. The van der Waals surface area contributed by atoms with Crippen molar-refractivity contribution < 1.29 is 9.53 Å². The monoisotopic (exact) mass is 342 g/mol. The summed E-state index contributed by atoms with van der Waals surface area (Å²) >= 11 is 1.76. The molecule has 3 heteroatoms. The first kappa shape index (κ1) is 18.6. The molecule has 0 aliphatic heterocycles. The van der Waals surface area contributed by atoms with Crippen molar-refractivity contribution in [3.63, 3.8) is 0 Å². The molecule has 0 heterocycles. The number of hydrogen-bond donors (Lipinski definition) is 0. The molecular weight excluding hydrogens is 316 g/mol. The van der Waals surface area contributed by atoms with Crippen LogP contribution in [0.25, 0.3) is 0 Å². The normalized spacial score (nSPS) is 10.6. The van der Waals surface area contributed by atoms with E-state index in [0.717, 1.165) is 11.3 Å². The van der Waals surface area contributed by atoms with Gasteiger partial charge in [0.15, 0.2) is 0 Å². The molecule has 0 aliphatic rings. The molecule has 24 heavy (non-hydrogen) atoms. The molecule has 0 bridgehead atoms. The van der Waals surface area contributed by atoms with Crippen LogP contribution in [0.3, 0.4) is 0 Å². The third kappa shape index (κ3) is 5.41. The van der Waals surface area contributed by atoms with Crippen molar-refractivity contribution in [2.45, 2.75) is 55.7 Å². The van der Waals surface area contributed by atoms with Crippen LogP contribution in [0.4, 0.5) is 0 Å². The maximum Gasteiger partial charge on any atom is 0.337 e. The SMILES string of the molecule is CCCCCCc1cc(C)ccc1Sc1ccc(C(=O)OC)cc1. The van der Waals surface area contributed by atoms with Gasteiger partial charge in [-0.25, -0.2) is 4.79 Å². The highest BCUT2D eigenvalue weighted by Crippen LogP contribution is 2.32. The summed E-state index contributed by atoms with van der Waals surface area (Å²) in [4.78, 5) is 14.0. The Morgan fingerprint density at radius 2 is 1.79 bits per heavy atom. The minimum absolute atomic E-state index is 0.293. The maximum absolute atomic E-state index is 11.5. The molecule has 0 radical (unpaired) electrons. The van der Waals surface area contributed by atoms with Crippen molar-refractivity contribution >= 4 is 17.7 Å². The van der Waals surface area contributed by atoms with E-state index < -0.39 is 0 Å². The van der Waals surface area contributed by atoms with E-state index in [1.165, 1.54) is 48.8 Å². The van der Waals surface area contributed by atoms with Gasteiger partial charge in [-0.05, 0) is 55.7 Å². The fourth-order valence-electron chi connectivity index (χ4n) is 2.65. The van der Waals surface area contributed by atoms with Gasteiger partial charge in [0, 0.05) is 9.79 Å². The molecule has 2 aromatic rings. The Hall–Kier alpha value is -1.74. The average Bonchev–Trinajstić information content (AvgIpc) is 2.61. The first-order valence-electron chi connectivity index (χ1n) is 8.59. The van der Waals surface area contributed by atoms with Gasteiger partial charge in [0.25, 0.3) is 0 Å². The standard InChI is InChI=1S/C21H26O2S/c1-4-5-6-7-8-18-15-16(2)9-14-20(18)24-19-12-10-17(11-13-19)21(22)23-3/h9-15H,4-8H2,1-3H3. The molecule has 0 aromatic heterocycles. The lowest BCUT2D eigenvalue weighted by Crippen LogP contribution is -2.00. The van der Waals surface area contributed by atoms with E-state index in [4.69, 9.17) is 4.74 Å². The zero-order chi connectivity index (χ0) is 17.4. The molecule has 0 unspecified atom stereocenters. The summed E-state index contributed by atoms with van der Waals surface area (Å²) in [5.41, 5.74) is 3.32. The van der Waals surface area contributed by atoms with Crippen molar-refractivity contribution in [3.05, 3.63) is 59.2 Å². The van der Waals surface area contributed by atoms with Crippen LogP contribution in [0.1, 0.15) is 54.1 Å². The molecule has 0 aliphatic carbocycles. The number of rotatable bonds is 8. The summed E-state index contributed by atoms with van der Waals surface area (Å²) in [5, 5.41) is 0. The van der Waals surface area contributed by atoms with E-state index in [1.54, 1.807) is 11.8 Å². The highest BCUT2D eigenvalue weighted by Gasteiger charge is 2.08. The van der Waals surface area contributed by atoms with Crippen LogP contribution in [0, 0.1) is 6.92 Å². The van der Waals surface area contributed by atoms with Gasteiger partial charge in [0.1, 0.15) is 0 Å². The molecule has 0 saturated carbocycles. The second kappa shape index (κ2) is 9.53. The van der Waals surface area contributed by atoms with Crippen molar-refractivity contribution in [2.75, 3.05) is 7.11 Å². The van der Waals surface area contributed by atoms with Crippen molar-refractivity contribution in [2.24, 2.45) is 0 Å². The number of carbonyl (C=O) groups is 1. The Balaban J connectivity index is 2.09. The van der Waals surface area contributed by atoms with Crippen molar-refractivity contribution in [1.29, 1.82) is 0 Å². The van der Waals surface area contributed by atoms with Crippen LogP contribution in [0.2, 0.25) is 0 Å². The molecule has 2 rings (SSSR count). The van der Waals surface area contributed by atoms with E-state index in [2.05, 4.69) is 32.0 Å². The third-order valence-corrected chi connectivity index (χ3v) is 5.14. The van der Waals surface area contributed by atoms with Crippen LogP contribution in [0.5, 0.6) is 0 Å². The average molecular weight is 343 g/mol. The molecular formula is C21H26O2S. The topological polar surface area (TPSA) is 26.3 Å². The predicted octanol–water partition coefficient (Wildman–Crippen LogP) is 6.06. The second-order valence-electron chi connectivity index (χ2n) is 6.04. The quantitative estimate of drug-likeness (QED) is 0.431. The number of hydrogen-bond acceptors (Lipinski definition) is 3. The summed E-state index contributed by atoms with van der Waals surface area (Å²) in [7, 11) is 1.40. The Morgan fingerprint density at radius 3 is 2.46 bits per heavy atom. The maximum atomic E-state index is 11.5. The van der Waals surface area contributed by atoms with Gasteiger partial charge in [-0.3, -0.25) is 0 Å². The Kier molecular flexibility index (Phi) is 7.38. The fraction of sp³-hybridized carbons (Fsp3) is 0.381. The summed E-state index contributed by atoms with van der Waals surface area (Å²) in [6.45, 7) is 4.39. The van der Waals surface area contributed by atoms with Crippen molar-refractivity contribution in [1.82, 2.24) is 0 Å². The van der Waals surface area contributed by atoms with Crippen molar-refractivity contribution in [3.8, 4) is 0 Å². The Bertz CT molecular complexity index is 662. The van der Waals surface area contributed by atoms with Gasteiger partial charge in [-0.15, -0.1) is 0 Å². The summed E-state index contributed by atoms with van der Waals surface area (Å²) in [5.74, 6) is -0.293. The second-order valence-corrected chi connectivity index (χ2v) is 7.16. The molecule has 2 aromatic carbocycles. The molecule has 0 saturated heterocycles. The van der Waals surface area contributed by atoms with Crippen LogP contribution < -0.4 is 0 Å². The van der Waals surface area contributed by atoms with Crippen LogP contribution in [-0.4, -0.2) is 13.1 Å². The van der Waals surface area contributed by atoms with Gasteiger partial charge in [-0.1, -0.05) is 55.6 Å². The predicted molar refractivity (Wildman–Crippen MR) is 101 cm³/mol. The van der Waals surface area contributed by atoms with Gasteiger partial charge in [0.05, 0.1) is 12.7 Å². The number of ether oxygens (including phenoxy) is 1. The zero-order valence-corrected chi connectivity index (χ0v) is 15.6. The summed E-state index contributed by atoms with van der Waals surface area (Å²) in [6, 6.07) is 14.3. The molecule has 128 valence electrons. The highest BCUT2D eigenvalue weighted by atomic mass is 32.2. The van der Waals surface area contributed by atoms with Gasteiger partial charge in [0.2, 0.25) is 0 Å².